The average Bonchev–Trinajstić information content (AvgIpc) is 4.11. The SMILES string of the molecule is COc1cccc(C2=C(C(=O)OC3C(C(C)(C)C)CC(C)CC3C(C)(C)C)C(NC(=O)c3ccccc3)=NC2=Nc2[nH]c(NC(=O)c3ccccc3)c(C(=O)OC3C(C(C)(C)C)CC(C)CC3C(C)(C)C)c2-c2cccc(CO)c2)c1. The highest BCUT2D eigenvalue weighted by atomic mass is 16.5. The molecule has 4 atom stereocenters. The zero-order valence-electron chi connectivity index (χ0n) is 50.2. The third-order valence-electron chi connectivity index (χ3n) is 17.0. The van der Waals surface area contributed by atoms with Gasteiger partial charge in [-0.3, -0.25) is 9.59 Å². The highest BCUT2D eigenvalue weighted by Crippen LogP contribution is 2.52. The summed E-state index contributed by atoms with van der Waals surface area (Å²) in [6, 6.07) is 31.6. The summed E-state index contributed by atoms with van der Waals surface area (Å²) in [5.74, 6) is -1.24. The third-order valence-corrected chi connectivity index (χ3v) is 17.0. The standard InChI is InChI=1S/C68H85N5O8/c1-39-32-47(65(3,4)5)55(48(33-39)66(6,7)8)80-63(77)53-51(44-29-22-24-41(36-44)38-74)57(70-59(53)72-61(75)42-25-18-16-19-26-42)69-58-52(45-30-23-31-46(37-45)79-15)54(60(71-58)73-62(76)43-27-20-17-21-28-43)64(78)81-56-49(67(9,10)11)34-40(2)35-50(56)68(12,13)14/h16-31,36-37,39-40,47-50,55-56,70,74H,32-35,38H2,1-15H3,(H,72,75)(H,69,71,73,76). The van der Waals surface area contributed by atoms with Crippen molar-refractivity contribution in [1.82, 2.24) is 10.3 Å². The number of methoxy groups -OCH3 is 1. The normalized spacial score (nSPS) is 23.2. The molecule has 2 amide bonds. The fourth-order valence-electron chi connectivity index (χ4n) is 12.6. The number of hydrogen-bond acceptors (Lipinski definition) is 9. The van der Waals surface area contributed by atoms with Crippen LogP contribution < -0.4 is 15.4 Å². The topological polar surface area (TPSA) is 181 Å². The van der Waals surface area contributed by atoms with Gasteiger partial charge < -0.3 is 34.9 Å². The van der Waals surface area contributed by atoms with E-state index in [1.54, 1.807) is 98.1 Å². The molecule has 0 radical (unpaired) electrons. The van der Waals surface area contributed by atoms with Gasteiger partial charge in [0.2, 0.25) is 0 Å². The molecule has 0 spiro atoms. The van der Waals surface area contributed by atoms with E-state index in [1.807, 2.05) is 18.2 Å². The number of rotatable bonds is 12. The Bertz CT molecular complexity index is 3170. The monoisotopic (exact) mass is 1100 g/mol. The van der Waals surface area contributed by atoms with Gasteiger partial charge in [-0.15, -0.1) is 0 Å². The zero-order chi connectivity index (χ0) is 58.9. The molecule has 2 saturated carbocycles. The first-order chi connectivity index (χ1) is 38.1. The molecule has 4 N–H and O–H groups in total. The van der Waals surface area contributed by atoms with Crippen LogP contribution in [0.25, 0.3) is 16.7 Å². The van der Waals surface area contributed by atoms with E-state index < -0.39 is 36.0 Å². The predicted octanol–water partition coefficient (Wildman–Crippen LogP) is 14.7. The number of aliphatic imine (C=N–C) groups is 2. The van der Waals surface area contributed by atoms with Crippen LogP contribution in [0.4, 0.5) is 11.6 Å². The largest absolute Gasteiger partial charge is 0.497 e. The summed E-state index contributed by atoms with van der Waals surface area (Å²) < 4.78 is 19.7. The second-order valence-electron chi connectivity index (χ2n) is 27.3. The number of ether oxygens (including phenoxy) is 3. The minimum Gasteiger partial charge on any atom is -0.497 e. The van der Waals surface area contributed by atoms with E-state index >= 15 is 9.59 Å². The van der Waals surface area contributed by atoms with E-state index in [4.69, 9.17) is 24.2 Å². The lowest BCUT2D eigenvalue weighted by Crippen LogP contribution is -2.50. The maximum absolute atomic E-state index is 15.8. The van der Waals surface area contributed by atoms with Crippen molar-refractivity contribution in [3.8, 4) is 16.9 Å². The number of carbonyl (C=O) groups is 4. The Labute approximate surface area is 479 Å². The van der Waals surface area contributed by atoms with Crippen LogP contribution in [0.5, 0.6) is 5.75 Å². The Hall–Kier alpha value is -7.12. The maximum atomic E-state index is 15.8. The molecule has 5 aromatic rings. The summed E-state index contributed by atoms with van der Waals surface area (Å²) in [6.45, 7) is 30.5. The Kier molecular flexibility index (Phi) is 17.6. The first-order valence-corrected chi connectivity index (χ1v) is 28.7. The molecule has 81 heavy (non-hydrogen) atoms. The number of amides is 2. The van der Waals surface area contributed by atoms with Crippen LogP contribution in [-0.4, -0.2) is 64.8 Å². The molecule has 1 aromatic heterocycles. The van der Waals surface area contributed by atoms with Crippen molar-refractivity contribution in [1.29, 1.82) is 0 Å². The summed E-state index contributed by atoms with van der Waals surface area (Å²) in [5, 5.41) is 16.6. The van der Waals surface area contributed by atoms with Gasteiger partial charge in [0.1, 0.15) is 40.7 Å². The highest BCUT2D eigenvalue weighted by molar-refractivity contribution is 6.45. The van der Waals surface area contributed by atoms with Gasteiger partial charge in [-0.25, -0.2) is 19.6 Å². The molecular weight excluding hydrogens is 1010 g/mol. The fraction of sp³-hybridized carbons (Fsp3) is 0.471. The Morgan fingerprint density at radius 3 is 1.56 bits per heavy atom. The van der Waals surface area contributed by atoms with E-state index in [1.165, 1.54) is 0 Å². The Morgan fingerprint density at radius 2 is 1.07 bits per heavy atom. The summed E-state index contributed by atoms with van der Waals surface area (Å²) in [6.07, 6.45) is 2.37. The van der Waals surface area contributed by atoms with Crippen molar-refractivity contribution in [2.45, 2.75) is 141 Å². The molecule has 1 aliphatic heterocycles. The molecule has 13 heteroatoms. The Balaban J connectivity index is 1.42. The van der Waals surface area contributed by atoms with Gasteiger partial charge in [-0.2, -0.15) is 0 Å². The molecule has 0 bridgehead atoms. The highest BCUT2D eigenvalue weighted by Gasteiger charge is 2.51. The number of carbonyl (C=O) groups excluding carboxylic acids is 4. The number of aliphatic hydroxyl groups is 1. The van der Waals surface area contributed by atoms with E-state index in [9.17, 15) is 14.7 Å². The molecule has 4 unspecified atom stereocenters. The zero-order valence-corrected chi connectivity index (χ0v) is 50.2. The Morgan fingerprint density at radius 1 is 0.605 bits per heavy atom. The smallest absolute Gasteiger partial charge is 0.343 e. The minimum atomic E-state index is -0.695. The minimum absolute atomic E-state index is 0.00626. The third kappa shape index (κ3) is 13.5. The van der Waals surface area contributed by atoms with E-state index in [0.29, 0.717) is 45.4 Å². The number of hydrogen-bond donors (Lipinski definition) is 4. The maximum Gasteiger partial charge on any atom is 0.343 e. The van der Waals surface area contributed by atoms with Crippen molar-refractivity contribution in [2.75, 3.05) is 12.4 Å². The van der Waals surface area contributed by atoms with Crippen LogP contribution in [0.3, 0.4) is 0 Å². The van der Waals surface area contributed by atoms with E-state index in [0.717, 1.165) is 25.7 Å². The van der Waals surface area contributed by atoms with Gasteiger partial charge in [-0.05, 0) is 118 Å². The summed E-state index contributed by atoms with van der Waals surface area (Å²) in [4.78, 5) is 74.3. The first kappa shape index (κ1) is 60.0. The number of aromatic nitrogens is 1. The number of anilines is 1. The van der Waals surface area contributed by atoms with Crippen LogP contribution in [0.2, 0.25) is 0 Å². The molecule has 0 saturated heterocycles. The van der Waals surface area contributed by atoms with Gasteiger partial charge in [0.25, 0.3) is 11.8 Å². The molecular formula is C68H85N5O8. The van der Waals surface area contributed by atoms with Crippen LogP contribution in [-0.2, 0) is 20.9 Å². The summed E-state index contributed by atoms with van der Waals surface area (Å²) in [7, 11) is 1.55. The molecule has 2 aliphatic carbocycles. The van der Waals surface area contributed by atoms with Crippen LogP contribution in [0.15, 0.2) is 125 Å². The molecule has 2 heterocycles. The lowest BCUT2D eigenvalue weighted by Gasteiger charge is -2.50. The number of H-pyrrole nitrogens is 1. The van der Waals surface area contributed by atoms with Gasteiger partial charge in [0, 0.05) is 45.9 Å². The molecule has 430 valence electrons. The lowest BCUT2D eigenvalue weighted by molar-refractivity contribution is -0.164. The van der Waals surface area contributed by atoms with Crippen molar-refractivity contribution >= 4 is 52.6 Å². The molecule has 3 aliphatic rings. The second kappa shape index (κ2) is 23.8. The molecule has 13 nitrogen and oxygen atoms in total. The number of aliphatic hydroxyl groups excluding tert-OH is 1. The number of esters is 2. The first-order valence-electron chi connectivity index (χ1n) is 28.7. The molecule has 2 fully saturated rings. The number of nitrogens with zero attached hydrogens (tertiary/aromatic N) is 2. The summed E-state index contributed by atoms with van der Waals surface area (Å²) in [5.41, 5.74) is 1.66. The summed E-state index contributed by atoms with van der Waals surface area (Å²) >= 11 is 0. The van der Waals surface area contributed by atoms with E-state index in [2.05, 4.69) is 113 Å². The fourth-order valence-corrected chi connectivity index (χ4v) is 12.6. The van der Waals surface area contributed by atoms with Crippen molar-refractivity contribution in [3.63, 3.8) is 0 Å². The van der Waals surface area contributed by atoms with Crippen LogP contribution in [0, 0.1) is 57.2 Å². The number of amidine groups is 2. The second-order valence-corrected chi connectivity index (χ2v) is 27.3. The lowest BCUT2D eigenvalue weighted by atomic mass is 9.59. The van der Waals surface area contributed by atoms with Gasteiger partial charge in [-0.1, -0.05) is 164 Å². The predicted molar refractivity (Wildman–Crippen MR) is 323 cm³/mol. The quantitative estimate of drug-likeness (QED) is 0.0891. The van der Waals surface area contributed by atoms with Crippen LogP contribution >= 0.6 is 0 Å². The van der Waals surface area contributed by atoms with Gasteiger partial charge >= 0.3 is 11.9 Å². The molecule has 4 aromatic carbocycles. The number of benzene rings is 4. The van der Waals surface area contributed by atoms with Crippen molar-refractivity contribution in [2.24, 2.45) is 67.2 Å². The van der Waals surface area contributed by atoms with Crippen molar-refractivity contribution < 1.29 is 38.5 Å². The van der Waals surface area contributed by atoms with Crippen LogP contribution in [0.1, 0.15) is 165 Å². The van der Waals surface area contributed by atoms with Crippen molar-refractivity contribution in [3.05, 3.63) is 143 Å². The average molecular weight is 1100 g/mol. The van der Waals surface area contributed by atoms with Gasteiger partial charge in [0.15, 0.2) is 11.7 Å². The van der Waals surface area contributed by atoms with Gasteiger partial charge in [0.05, 0.1) is 13.7 Å². The number of aromatic amines is 1. The van der Waals surface area contributed by atoms with E-state index in [-0.39, 0.29) is 97.5 Å². The molecule has 8 rings (SSSR count). The number of nitrogens with one attached hydrogen (secondary N) is 3.